The minimum Gasteiger partial charge on any atom is -0.456 e. The van der Waals surface area contributed by atoms with Crippen molar-refractivity contribution >= 4 is 43.5 Å². The number of fused-ring (bicyclic) bond motifs is 5. The van der Waals surface area contributed by atoms with Gasteiger partial charge in [-0.2, -0.15) is 0 Å². The van der Waals surface area contributed by atoms with E-state index in [1.54, 1.807) is 6.07 Å². The van der Waals surface area contributed by atoms with Crippen LogP contribution in [0.2, 0.25) is 0 Å². The molecule has 0 amide bonds. The van der Waals surface area contributed by atoms with Crippen LogP contribution in [0.25, 0.3) is 88.8 Å². The molecule has 0 radical (unpaired) electrons. The highest BCUT2D eigenvalue weighted by atomic mass is 16.3. The van der Waals surface area contributed by atoms with Crippen LogP contribution in [0.4, 0.5) is 0 Å². The summed E-state index contributed by atoms with van der Waals surface area (Å²) in [6.45, 7) is 0. The number of hydrogen-bond acceptors (Lipinski definition) is 4. The molecular weight excluding hydrogens is 550 g/mol. The van der Waals surface area contributed by atoms with Crippen LogP contribution in [0, 0.1) is 0 Å². The molecule has 9 rings (SSSR count). The molecule has 2 aromatic heterocycles. The molecule has 2 heterocycles. The first-order chi connectivity index (χ1) is 24.8. The Hall–Kier alpha value is -6.13. The Labute approximate surface area is 267 Å². The van der Waals surface area contributed by atoms with Crippen molar-refractivity contribution in [3.05, 3.63) is 152 Å². The fourth-order valence-corrected chi connectivity index (χ4v) is 5.85. The summed E-state index contributed by atoms with van der Waals surface area (Å²) in [5.41, 5.74) is 3.36. The van der Waals surface area contributed by atoms with E-state index in [0.717, 1.165) is 21.5 Å². The van der Waals surface area contributed by atoms with Crippen molar-refractivity contribution in [2.75, 3.05) is 0 Å². The predicted molar refractivity (Wildman–Crippen MR) is 184 cm³/mol. The topological polar surface area (TPSA) is 51.8 Å². The van der Waals surface area contributed by atoms with Crippen LogP contribution in [0.1, 0.15) is 8.22 Å². The van der Waals surface area contributed by atoms with Crippen LogP contribution >= 0.6 is 0 Å². The summed E-state index contributed by atoms with van der Waals surface area (Å²) >= 11 is 0. The van der Waals surface area contributed by atoms with Gasteiger partial charge in [0, 0.05) is 27.5 Å². The van der Waals surface area contributed by atoms with Gasteiger partial charge in [0.2, 0.25) is 0 Å². The van der Waals surface area contributed by atoms with Crippen molar-refractivity contribution in [1.29, 1.82) is 0 Å². The van der Waals surface area contributed by atoms with E-state index in [9.17, 15) is 5.48 Å². The summed E-state index contributed by atoms with van der Waals surface area (Å²) in [4.78, 5) is 14.5. The second kappa shape index (κ2) is 10.2. The summed E-state index contributed by atoms with van der Waals surface area (Å²) in [5, 5.41) is 3.27. The van der Waals surface area contributed by atoms with E-state index in [1.165, 1.54) is 0 Å². The third kappa shape index (κ3) is 4.35. The molecule has 0 bridgehead atoms. The van der Waals surface area contributed by atoms with Gasteiger partial charge in [-0.15, -0.1) is 0 Å². The number of rotatable bonds is 4. The van der Waals surface area contributed by atoms with Gasteiger partial charge >= 0.3 is 0 Å². The van der Waals surface area contributed by atoms with E-state index < -0.39 is 0 Å². The van der Waals surface area contributed by atoms with Crippen molar-refractivity contribution < 1.29 is 12.6 Å². The smallest absolute Gasteiger partial charge is 0.164 e. The maximum atomic E-state index is 9.41. The van der Waals surface area contributed by atoms with Crippen LogP contribution in [0.5, 0.6) is 0 Å². The summed E-state index contributed by atoms with van der Waals surface area (Å²) in [5.74, 6) is 0.552. The molecule has 45 heavy (non-hydrogen) atoms. The van der Waals surface area contributed by atoms with E-state index in [2.05, 4.69) is 0 Å². The Morgan fingerprint density at radius 1 is 0.422 bits per heavy atom. The molecule has 0 fully saturated rings. The maximum Gasteiger partial charge on any atom is 0.164 e. The summed E-state index contributed by atoms with van der Waals surface area (Å²) < 4.78 is 61.5. The van der Waals surface area contributed by atoms with Gasteiger partial charge < -0.3 is 4.42 Å². The zero-order chi connectivity index (χ0) is 35.0. The van der Waals surface area contributed by atoms with Gasteiger partial charge in [0.1, 0.15) is 11.2 Å². The third-order valence-electron chi connectivity index (χ3n) is 7.97. The molecule has 0 saturated carbocycles. The van der Waals surface area contributed by atoms with Crippen LogP contribution in [0.3, 0.4) is 0 Å². The zero-order valence-electron chi connectivity index (χ0n) is 29.7. The lowest BCUT2D eigenvalue weighted by Gasteiger charge is -2.11. The van der Waals surface area contributed by atoms with E-state index >= 15 is 0 Å². The molecule has 0 spiro atoms. The van der Waals surface area contributed by atoms with Gasteiger partial charge in [-0.1, -0.05) is 127 Å². The number of para-hydroxylation sites is 1. The molecule has 4 heteroatoms. The SMILES string of the molecule is [2H]c1c(-c2cccc3ccccc23)c([2H])c2c([2H])c([2H])c(-c3nc(-c4ccccc4)nc(-c4cccc5oc6ccccc6c45)n3)c([2H])c2c1[2H]. The number of hydrogen-bond donors (Lipinski definition) is 0. The standard InChI is InChI=1S/C41H25N3O/c1-2-11-27(12-3-1)39-42-40(44-41(43-39)35-17-9-19-37-38(35)34-15-6-7-18-36(34)45-37)31-23-21-28-24-30(22-20-29(28)25-31)33-16-8-13-26-10-4-5-14-32(26)33/h1-25H/i20D,21D,22D,23D,24D,25D. The summed E-state index contributed by atoms with van der Waals surface area (Å²) in [6.07, 6.45) is 0. The Morgan fingerprint density at radius 2 is 1.02 bits per heavy atom. The Bertz CT molecular complexity index is 2890. The third-order valence-corrected chi connectivity index (χ3v) is 7.97. The average Bonchev–Trinajstić information content (AvgIpc) is 3.55. The minimum absolute atomic E-state index is 0.0235. The highest BCUT2D eigenvalue weighted by Crippen LogP contribution is 2.37. The van der Waals surface area contributed by atoms with Crippen molar-refractivity contribution in [1.82, 2.24) is 15.0 Å². The Kier molecular flexibility index (Phi) is 4.54. The van der Waals surface area contributed by atoms with E-state index in [0.29, 0.717) is 33.7 Å². The van der Waals surface area contributed by atoms with Gasteiger partial charge in [0.05, 0.1) is 8.22 Å². The molecule has 0 saturated heterocycles. The molecule has 0 unspecified atom stereocenters. The molecule has 0 aliphatic rings. The molecule has 9 aromatic rings. The van der Waals surface area contributed by atoms with Crippen LogP contribution < -0.4 is 0 Å². The summed E-state index contributed by atoms with van der Waals surface area (Å²) in [6, 6.07) is 34.0. The van der Waals surface area contributed by atoms with Gasteiger partial charge in [0.25, 0.3) is 0 Å². The first-order valence-corrected chi connectivity index (χ1v) is 14.6. The van der Waals surface area contributed by atoms with Crippen molar-refractivity contribution in [2.24, 2.45) is 0 Å². The molecule has 0 atom stereocenters. The van der Waals surface area contributed by atoms with Crippen LogP contribution in [-0.4, -0.2) is 15.0 Å². The normalized spacial score (nSPS) is 13.4. The second-order valence-corrected chi connectivity index (χ2v) is 10.7. The average molecular weight is 582 g/mol. The second-order valence-electron chi connectivity index (χ2n) is 10.7. The van der Waals surface area contributed by atoms with Gasteiger partial charge in [0.15, 0.2) is 17.5 Å². The molecule has 0 N–H and O–H groups in total. The van der Waals surface area contributed by atoms with Gasteiger partial charge in [-0.3, -0.25) is 0 Å². The Balaban J connectivity index is 1.34. The van der Waals surface area contributed by atoms with Gasteiger partial charge in [-0.05, 0) is 56.9 Å². The van der Waals surface area contributed by atoms with E-state index in [-0.39, 0.29) is 69.8 Å². The number of furan rings is 1. The zero-order valence-corrected chi connectivity index (χ0v) is 23.7. The minimum atomic E-state index is -0.356. The number of benzene rings is 7. The molecule has 4 nitrogen and oxygen atoms in total. The Morgan fingerprint density at radius 3 is 1.89 bits per heavy atom. The van der Waals surface area contributed by atoms with Crippen molar-refractivity contribution in [2.45, 2.75) is 0 Å². The maximum absolute atomic E-state index is 9.41. The number of aromatic nitrogens is 3. The predicted octanol–water partition coefficient (Wildman–Crippen LogP) is 10.7. The van der Waals surface area contributed by atoms with Crippen LogP contribution in [0.15, 0.2) is 156 Å². The highest BCUT2D eigenvalue weighted by molar-refractivity contribution is 6.11. The van der Waals surface area contributed by atoms with Gasteiger partial charge in [-0.25, -0.2) is 15.0 Å². The molecule has 7 aromatic carbocycles. The monoisotopic (exact) mass is 581 g/mol. The van der Waals surface area contributed by atoms with Crippen LogP contribution in [-0.2, 0) is 0 Å². The summed E-state index contributed by atoms with van der Waals surface area (Å²) in [7, 11) is 0. The van der Waals surface area contributed by atoms with E-state index in [1.807, 2.05) is 109 Å². The molecule has 0 aliphatic carbocycles. The highest BCUT2D eigenvalue weighted by Gasteiger charge is 2.18. The first-order valence-electron chi connectivity index (χ1n) is 17.6. The first kappa shape index (κ1) is 19.9. The quantitative estimate of drug-likeness (QED) is 0.207. The lowest BCUT2D eigenvalue weighted by Crippen LogP contribution is -2.00. The molecule has 0 aliphatic heterocycles. The van der Waals surface area contributed by atoms with Crippen molar-refractivity contribution in [3.8, 4) is 45.3 Å². The fourth-order valence-electron chi connectivity index (χ4n) is 5.85. The lowest BCUT2D eigenvalue weighted by molar-refractivity contribution is 0.669. The molecular formula is C41H25N3O. The number of nitrogens with zero attached hydrogens (tertiary/aromatic N) is 3. The largest absolute Gasteiger partial charge is 0.456 e. The lowest BCUT2D eigenvalue weighted by atomic mass is 9.96. The van der Waals surface area contributed by atoms with Crippen molar-refractivity contribution in [3.63, 3.8) is 0 Å². The molecule has 210 valence electrons. The van der Waals surface area contributed by atoms with E-state index in [4.69, 9.17) is 22.1 Å². The fraction of sp³-hybridized carbons (Fsp3) is 0.